The van der Waals surface area contributed by atoms with Crippen molar-refractivity contribution in [2.45, 2.75) is 12.6 Å². The number of likely N-dealkylation sites (N-methyl/N-ethyl adjacent to an activating group) is 1. The number of benzene rings is 1. The average molecular weight is 238 g/mol. The Hall–Kier alpha value is -0.970. The number of aliphatic hydroxyl groups excluding tert-OH is 1. The normalized spacial score (nSPS) is 22.9. The molecule has 4 heteroatoms. The molecule has 0 amide bonds. The Morgan fingerprint density at radius 3 is 2.94 bits per heavy atom. The highest BCUT2D eigenvalue weighted by atomic mass is 19.1. The van der Waals surface area contributed by atoms with E-state index in [9.17, 15) is 9.50 Å². The quantitative estimate of drug-likeness (QED) is 0.849. The SMILES string of the molecule is CN1CCN(Cc2cccc(F)c2)C(CO)C1. The zero-order valence-electron chi connectivity index (χ0n) is 10.1. The standard InChI is InChI=1S/C13H19FN2O/c1-15-5-6-16(13(9-15)10-17)8-11-3-2-4-12(14)7-11/h2-4,7,13,17H,5-6,8-10H2,1H3. The van der Waals surface area contributed by atoms with Crippen molar-refractivity contribution in [1.29, 1.82) is 0 Å². The van der Waals surface area contributed by atoms with Gasteiger partial charge in [0.25, 0.3) is 0 Å². The van der Waals surface area contributed by atoms with Crippen LogP contribution in [0, 0.1) is 5.82 Å². The highest BCUT2D eigenvalue weighted by molar-refractivity contribution is 5.16. The van der Waals surface area contributed by atoms with E-state index in [0.29, 0.717) is 6.54 Å². The molecule has 1 unspecified atom stereocenters. The third-order valence-electron chi connectivity index (χ3n) is 3.29. The van der Waals surface area contributed by atoms with Crippen molar-refractivity contribution in [3.8, 4) is 0 Å². The predicted octanol–water partition coefficient (Wildman–Crippen LogP) is 0.934. The van der Waals surface area contributed by atoms with E-state index < -0.39 is 0 Å². The van der Waals surface area contributed by atoms with Crippen LogP contribution in [0.25, 0.3) is 0 Å². The molecule has 1 fully saturated rings. The van der Waals surface area contributed by atoms with Crippen molar-refractivity contribution in [2.24, 2.45) is 0 Å². The van der Waals surface area contributed by atoms with Gasteiger partial charge < -0.3 is 10.0 Å². The van der Waals surface area contributed by atoms with Gasteiger partial charge >= 0.3 is 0 Å². The van der Waals surface area contributed by atoms with Gasteiger partial charge in [0, 0.05) is 32.2 Å². The summed E-state index contributed by atoms with van der Waals surface area (Å²) in [5.41, 5.74) is 0.966. The van der Waals surface area contributed by atoms with Gasteiger partial charge in [-0.15, -0.1) is 0 Å². The maximum Gasteiger partial charge on any atom is 0.123 e. The van der Waals surface area contributed by atoms with Gasteiger partial charge in [-0.1, -0.05) is 12.1 Å². The fraction of sp³-hybridized carbons (Fsp3) is 0.538. The number of hydrogen-bond donors (Lipinski definition) is 1. The van der Waals surface area contributed by atoms with Crippen LogP contribution in [-0.2, 0) is 6.54 Å². The summed E-state index contributed by atoms with van der Waals surface area (Å²) in [6.45, 7) is 3.63. The number of aliphatic hydroxyl groups is 1. The first-order valence-electron chi connectivity index (χ1n) is 5.97. The minimum Gasteiger partial charge on any atom is -0.395 e. The fourth-order valence-electron chi connectivity index (χ4n) is 2.30. The Morgan fingerprint density at radius 2 is 2.24 bits per heavy atom. The van der Waals surface area contributed by atoms with E-state index in [2.05, 4.69) is 16.8 Å². The molecule has 1 heterocycles. The molecule has 0 spiro atoms. The first-order chi connectivity index (χ1) is 8.19. The molecule has 17 heavy (non-hydrogen) atoms. The molecule has 1 aromatic carbocycles. The van der Waals surface area contributed by atoms with Crippen LogP contribution in [0.1, 0.15) is 5.56 Å². The van der Waals surface area contributed by atoms with Crippen LogP contribution in [0.5, 0.6) is 0 Å². The number of halogens is 1. The summed E-state index contributed by atoms with van der Waals surface area (Å²) in [6.07, 6.45) is 0. The van der Waals surface area contributed by atoms with Gasteiger partial charge in [0.2, 0.25) is 0 Å². The van der Waals surface area contributed by atoms with E-state index in [1.165, 1.54) is 6.07 Å². The molecule has 2 rings (SSSR count). The summed E-state index contributed by atoms with van der Waals surface area (Å²) in [5, 5.41) is 9.37. The van der Waals surface area contributed by atoms with Gasteiger partial charge in [-0.3, -0.25) is 4.90 Å². The lowest BCUT2D eigenvalue weighted by atomic mass is 10.1. The van der Waals surface area contributed by atoms with E-state index in [-0.39, 0.29) is 18.5 Å². The smallest absolute Gasteiger partial charge is 0.123 e. The molecule has 1 aliphatic rings. The lowest BCUT2D eigenvalue weighted by Gasteiger charge is -2.39. The Morgan fingerprint density at radius 1 is 1.41 bits per heavy atom. The topological polar surface area (TPSA) is 26.7 Å². The number of piperazine rings is 1. The minimum absolute atomic E-state index is 0.150. The molecule has 3 nitrogen and oxygen atoms in total. The molecular weight excluding hydrogens is 219 g/mol. The predicted molar refractivity (Wildman–Crippen MR) is 65.2 cm³/mol. The zero-order chi connectivity index (χ0) is 12.3. The van der Waals surface area contributed by atoms with Gasteiger partial charge in [0.15, 0.2) is 0 Å². The summed E-state index contributed by atoms with van der Waals surface area (Å²) in [5.74, 6) is -0.197. The van der Waals surface area contributed by atoms with Gasteiger partial charge in [0.05, 0.1) is 6.61 Å². The van der Waals surface area contributed by atoms with Crippen LogP contribution in [0.2, 0.25) is 0 Å². The average Bonchev–Trinajstić information content (AvgIpc) is 2.31. The molecule has 1 aromatic rings. The molecule has 0 aromatic heterocycles. The molecule has 1 saturated heterocycles. The molecular formula is C13H19FN2O. The Labute approximate surface area is 101 Å². The zero-order valence-corrected chi connectivity index (χ0v) is 10.1. The van der Waals surface area contributed by atoms with Crippen LogP contribution in [-0.4, -0.2) is 54.2 Å². The third-order valence-corrected chi connectivity index (χ3v) is 3.29. The number of hydrogen-bond acceptors (Lipinski definition) is 3. The maximum atomic E-state index is 13.1. The van der Waals surface area contributed by atoms with Gasteiger partial charge in [0.1, 0.15) is 5.82 Å². The molecule has 0 bridgehead atoms. The highest BCUT2D eigenvalue weighted by Crippen LogP contribution is 2.13. The first-order valence-corrected chi connectivity index (χ1v) is 5.97. The van der Waals surface area contributed by atoms with Gasteiger partial charge in [-0.25, -0.2) is 4.39 Å². The third kappa shape index (κ3) is 3.25. The van der Waals surface area contributed by atoms with Crippen LogP contribution in [0.3, 0.4) is 0 Å². The van der Waals surface area contributed by atoms with Crippen molar-refractivity contribution < 1.29 is 9.50 Å². The maximum absolute atomic E-state index is 13.1. The largest absolute Gasteiger partial charge is 0.395 e. The van der Waals surface area contributed by atoms with Gasteiger partial charge in [-0.2, -0.15) is 0 Å². The lowest BCUT2D eigenvalue weighted by molar-refractivity contribution is 0.0458. The van der Waals surface area contributed by atoms with E-state index in [1.54, 1.807) is 12.1 Å². The second-order valence-electron chi connectivity index (χ2n) is 4.70. The van der Waals surface area contributed by atoms with Crippen LogP contribution in [0.4, 0.5) is 4.39 Å². The molecule has 1 N–H and O–H groups in total. The van der Waals surface area contributed by atoms with Crippen molar-refractivity contribution in [3.05, 3.63) is 35.6 Å². The minimum atomic E-state index is -0.197. The van der Waals surface area contributed by atoms with Crippen LogP contribution >= 0.6 is 0 Å². The summed E-state index contributed by atoms with van der Waals surface area (Å²) < 4.78 is 13.1. The highest BCUT2D eigenvalue weighted by Gasteiger charge is 2.24. The number of nitrogens with zero attached hydrogens (tertiary/aromatic N) is 2. The van der Waals surface area contributed by atoms with Crippen LogP contribution in [0.15, 0.2) is 24.3 Å². The van der Waals surface area contributed by atoms with Crippen molar-refractivity contribution in [2.75, 3.05) is 33.3 Å². The van der Waals surface area contributed by atoms with Crippen molar-refractivity contribution >= 4 is 0 Å². The Balaban J connectivity index is 2.02. The Bertz CT molecular complexity index is 372. The van der Waals surface area contributed by atoms with E-state index in [1.807, 2.05) is 6.07 Å². The van der Waals surface area contributed by atoms with Gasteiger partial charge in [-0.05, 0) is 24.7 Å². The summed E-state index contributed by atoms with van der Waals surface area (Å²) in [7, 11) is 2.06. The molecule has 1 atom stereocenters. The molecule has 0 radical (unpaired) electrons. The fourth-order valence-corrected chi connectivity index (χ4v) is 2.30. The lowest BCUT2D eigenvalue weighted by Crippen LogP contribution is -2.52. The van der Waals surface area contributed by atoms with E-state index in [0.717, 1.165) is 25.2 Å². The van der Waals surface area contributed by atoms with Crippen molar-refractivity contribution in [1.82, 2.24) is 9.80 Å². The first kappa shape index (κ1) is 12.5. The summed E-state index contributed by atoms with van der Waals surface area (Å²) in [6, 6.07) is 6.82. The monoisotopic (exact) mass is 238 g/mol. The molecule has 1 aliphatic heterocycles. The summed E-state index contributed by atoms with van der Waals surface area (Å²) >= 11 is 0. The number of rotatable bonds is 3. The second kappa shape index (κ2) is 5.58. The second-order valence-corrected chi connectivity index (χ2v) is 4.70. The molecule has 0 saturated carbocycles. The van der Waals surface area contributed by atoms with E-state index in [4.69, 9.17) is 0 Å². The van der Waals surface area contributed by atoms with E-state index >= 15 is 0 Å². The Kier molecular flexibility index (Phi) is 4.10. The molecule has 0 aliphatic carbocycles. The van der Waals surface area contributed by atoms with Crippen LogP contribution < -0.4 is 0 Å². The molecule has 94 valence electrons. The van der Waals surface area contributed by atoms with Crippen molar-refractivity contribution in [3.63, 3.8) is 0 Å². The summed E-state index contributed by atoms with van der Waals surface area (Å²) in [4.78, 5) is 4.43.